The lowest BCUT2D eigenvalue weighted by molar-refractivity contribution is -0.137. The predicted molar refractivity (Wildman–Crippen MR) is 60.9 cm³/mol. The monoisotopic (exact) mass is 276 g/mol. The summed E-state index contributed by atoms with van der Waals surface area (Å²) < 4.78 is 38.7. The highest BCUT2D eigenvalue weighted by Crippen LogP contribution is 2.35. The molecule has 0 spiro atoms. The third kappa shape index (κ3) is 2.13. The van der Waals surface area contributed by atoms with Gasteiger partial charge < -0.3 is 5.73 Å². The van der Waals surface area contributed by atoms with Gasteiger partial charge in [-0.15, -0.1) is 0 Å². The van der Waals surface area contributed by atoms with E-state index in [1.807, 2.05) is 0 Å². The number of anilines is 1. The lowest BCUT2D eigenvalue weighted by Crippen LogP contribution is -2.06. The molecule has 0 atom stereocenters. The molecule has 96 valence electrons. The Hall–Kier alpha value is -1.76. The van der Waals surface area contributed by atoms with Gasteiger partial charge in [0.05, 0.1) is 28.0 Å². The lowest BCUT2D eigenvalue weighted by Gasteiger charge is -2.08. The van der Waals surface area contributed by atoms with Gasteiger partial charge in [-0.1, -0.05) is 11.6 Å². The summed E-state index contributed by atoms with van der Waals surface area (Å²) in [5, 5.41) is 3.75. The standard InChI is InChI=1S/C10H8ClF3N4/c1-18-9(15)6(4-17-18)8-7(11)2-5(3-16-8)10(12,13)14/h2-4H,15H2,1H3. The molecule has 2 heterocycles. The zero-order chi connectivity index (χ0) is 13.5. The van der Waals surface area contributed by atoms with Crippen molar-refractivity contribution in [3.8, 4) is 11.3 Å². The van der Waals surface area contributed by atoms with Gasteiger partial charge in [-0.25, -0.2) is 0 Å². The van der Waals surface area contributed by atoms with Crippen molar-refractivity contribution >= 4 is 17.4 Å². The average Bonchev–Trinajstić information content (AvgIpc) is 2.59. The zero-order valence-corrected chi connectivity index (χ0v) is 9.92. The summed E-state index contributed by atoms with van der Waals surface area (Å²) >= 11 is 5.80. The molecule has 0 aliphatic rings. The van der Waals surface area contributed by atoms with Crippen LogP contribution >= 0.6 is 11.6 Å². The van der Waals surface area contributed by atoms with Crippen LogP contribution in [-0.2, 0) is 13.2 Å². The van der Waals surface area contributed by atoms with E-state index in [0.29, 0.717) is 11.8 Å². The van der Waals surface area contributed by atoms with E-state index >= 15 is 0 Å². The molecule has 0 radical (unpaired) electrons. The summed E-state index contributed by atoms with van der Waals surface area (Å²) in [6, 6.07) is 0.816. The molecular formula is C10H8ClF3N4. The van der Waals surface area contributed by atoms with E-state index in [1.165, 1.54) is 10.9 Å². The number of pyridine rings is 1. The van der Waals surface area contributed by atoms with Crippen molar-refractivity contribution < 1.29 is 13.2 Å². The number of aryl methyl sites for hydroxylation is 1. The minimum absolute atomic E-state index is 0.121. The quantitative estimate of drug-likeness (QED) is 0.871. The maximum atomic E-state index is 12.4. The van der Waals surface area contributed by atoms with Crippen LogP contribution in [0.3, 0.4) is 0 Å². The minimum Gasteiger partial charge on any atom is -0.383 e. The summed E-state index contributed by atoms with van der Waals surface area (Å²) in [5.74, 6) is 0.282. The molecule has 0 saturated carbocycles. The van der Waals surface area contributed by atoms with E-state index in [0.717, 1.165) is 6.07 Å². The molecule has 2 aromatic heterocycles. The summed E-state index contributed by atoms with van der Waals surface area (Å²) in [6.45, 7) is 0. The van der Waals surface area contributed by atoms with Crippen LogP contribution in [0.2, 0.25) is 5.02 Å². The third-order valence-corrected chi connectivity index (χ3v) is 2.70. The van der Waals surface area contributed by atoms with E-state index in [9.17, 15) is 13.2 Å². The molecule has 2 rings (SSSR count). The van der Waals surface area contributed by atoms with Crippen LogP contribution in [0.25, 0.3) is 11.3 Å². The Balaban J connectivity index is 2.52. The van der Waals surface area contributed by atoms with Crippen molar-refractivity contribution in [3.63, 3.8) is 0 Å². The second-order valence-electron chi connectivity index (χ2n) is 3.62. The Bertz CT molecular complexity index is 591. The molecule has 0 aromatic carbocycles. The van der Waals surface area contributed by atoms with E-state index in [1.54, 1.807) is 7.05 Å². The Labute approximate surface area is 105 Å². The van der Waals surface area contributed by atoms with Crippen molar-refractivity contribution in [2.45, 2.75) is 6.18 Å². The van der Waals surface area contributed by atoms with Gasteiger partial charge in [-0.3, -0.25) is 9.67 Å². The van der Waals surface area contributed by atoms with E-state index in [2.05, 4.69) is 10.1 Å². The van der Waals surface area contributed by atoms with Crippen LogP contribution in [0.5, 0.6) is 0 Å². The summed E-state index contributed by atoms with van der Waals surface area (Å²) in [5.41, 5.74) is 5.38. The molecular weight excluding hydrogens is 269 g/mol. The number of nitrogens with two attached hydrogens (primary N) is 1. The first-order valence-corrected chi connectivity index (χ1v) is 5.19. The number of nitrogen functional groups attached to an aromatic ring is 1. The summed E-state index contributed by atoms with van der Waals surface area (Å²) in [7, 11) is 1.61. The maximum absolute atomic E-state index is 12.4. The van der Waals surface area contributed by atoms with Gasteiger partial charge in [-0.2, -0.15) is 18.3 Å². The number of hydrogen-bond donors (Lipinski definition) is 1. The molecule has 0 saturated heterocycles. The predicted octanol–water partition coefficient (Wildman–Crippen LogP) is 2.74. The van der Waals surface area contributed by atoms with E-state index in [-0.39, 0.29) is 16.5 Å². The lowest BCUT2D eigenvalue weighted by atomic mass is 10.2. The van der Waals surface area contributed by atoms with Crippen LogP contribution in [0.4, 0.5) is 19.0 Å². The first-order valence-electron chi connectivity index (χ1n) is 4.81. The number of hydrogen-bond acceptors (Lipinski definition) is 3. The number of aromatic nitrogens is 3. The summed E-state index contributed by atoms with van der Waals surface area (Å²) in [6.07, 6.45) is -2.36. The second kappa shape index (κ2) is 4.16. The molecule has 8 heteroatoms. The Morgan fingerprint density at radius 3 is 2.44 bits per heavy atom. The molecule has 0 bridgehead atoms. The van der Waals surface area contributed by atoms with Crippen molar-refractivity contribution in [1.82, 2.24) is 14.8 Å². The Morgan fingerprint density at radius 2 is 2.00 bits per heavy atom. The topological polar surface area (TPSA) is 56.7 Å². The van der Waals surface area contributed by atoms with Crippen LogP contribution in [-0.4, -0.2) is 14.8 Å². The first-order chi connectivity index (χ1) is 8.30. The zero-order valence-electron chi connectivity index (χ0n) is 9.16. The fourth-order valence-corrected chi connectivity index (χ4v) is 1.69. The van der Waals surface area contributed by atoms with E-state index < -0.39 is 11.7 Å². The largest absolute Gasteiger partial charge is 0.417 e. The van der Waals surface area contributed by atoms with Gasteiger partial charge in [0.25, 0.3) is 0 Å². The van der Waals surface area contributed by atoms with Crippen LogP contribution in [0, 0.1) is 0 Å². The van der Waals surface area contributed by atoms with Crippen LogP contribution in [0.1, 0.15) is 5.56 Å². The van der Waals surface area contributed by atoms with Gasteiger partial charge >= 0.3 is 6.18 Å². The van der Waals surface area contributed by atoms with E-state index in [4.69, 9.17) is 17.3 Å². The highest BCUT2D eigenvalue weighted by molar-refractivity contribution is 6.33. The molecule has 2 aromatic rings. The smallest absolute Gasteiger partial charge is 0.383 e. The Morgan fingerprint density at radius 1 is 1.33 bits per heavy atom. The molecule has 0 fully saturated rings. The van der Waals surface area contributed by atoms with Crippen LogP contribution in [0.15, 0.2) is 18.5 Å². The third-order valence-electron chi connectivity index (χ3n) is 2.41. The van der Waals surface area contributed by atoms with Crippen molar-refractivity contribution in [2.75, 3.05) is 5.73 Å². The molecule has 0 aliphatic carbocycles. The highest BCUT2D eigenvalue weighted by Gasteiger charge is 2.31. The maximum Gasteiger partial charge on any atom is 0.417 e. The minimum atomic E-state index is -4.48. The molecule has 2 N–H and O–H groups in total. The van der Waals surface area contributed by atoms with Gasteiger partial charge in [-0.05, 0) is 6.07 Å². The number of rotatable bonds is 1. The normalized spacial score (nSPS) is 11.8. The van der Waals surface area contributed by atoms with Crippen molar-refractivity contribution in [3.05, 3.63) is 29.0 Å². The molecule has 0 unspecified atom stereocenters. The average molecular weight is 277 g/mol. The molecule has 18 heavy (non-hydrogen) atoms. The number of alkyl halides is 3. The second-order valence-corrected chi connectivity index (χ2v) is 4.03. The number of halogens is 4. The van der Waals surface area contributed by atoms with Crippen molar-refractivity contribution in [2.24, 2.45) is 7.05 Å². The fraction of sp³-hybridized carbons (Fsp3) is 0.200. The first kappa shape index (κ1) is 12.7. The van der Waals surface area contributed by atoms with Gasteiger partial charge in [0.15, 0.2) is 0 Å². The fourth-order valence-electron chi connectivity index (χ4n) is 1.42. The highest BCUT2D eigenvalue weighted by atomic mass is 35.5. The summed E-state index contributed by atoms with van der Waals surface area (Å²) in [4.78, 5) is 3.70. The Kier molecular flexibility index (Phi) is 2.94. The van der Waals surface area contributed by atoms with Crippen molar-refractivity contribution in [1.29, 1.82) is 0 Å². The number of nitrogens with zero attached hydrogens (tertiary/aromatic N) is 3. The SMILES string of the molecule is Cn1ncc(-c2ncc(C(F)(F)F)cc2Cl)c1N. The van der Waals surface area contributed by atoms with Gasteiger partial charge in [0.1, 0.15) is 5.82 Å². The molecule has 0 aliphatic heterocycles. The molecule has 0 amide bonds. The molecule has 4 nitrogen and oxygen atoms in total. The van der Waals surface area contributed by atoms with Crippen LogP contribution < -0.4 is 5.73 Å². The van der Waals surface area contributed by atoms with Gasteiger partial charge in [0, 0.05) is 13.2 Å². The van der Waals surface area contributed by atoms with Gasteiger partial charge in [0.2, 0.25) is 0 Å².